The molecule has 3 fully saturated rings. The lowest BCUT2D eigenvalue weighted by molar-refractivity contribution is -0.0166. The minimum Gasteiger partial charge on any atom is -0.396 e. The molecule has 0 aromatic carbocycles. The molecule has 0 aromatic heterocycles. The molecule has 2 aliphatic heterocycles. The Morgan fingerprint density at radius 1 is 1.14 bits per heavy atom. The molecule has 5 atom stereocenters. The fourth-order valence-electron chi connectivity index (χ4n) is 5.38. The molecule has 0 bridgehead atoms. The number of hydrogen-bond acceptors (Lipinski definition) is 2. The number of rotatable bonds is 4. The molecule has 116 valence electrons. The Morgan fingerprint density at radius 3 is 2.81 bits per heavy atom. The molecule has 1 saturated carbocycles. The second-order valence-corrected chi connectivity index (χ2v) is 7.15. The van der Waals surface area contributed by atoms with Gasteiger partial charge in [0.15, 0.2) is 0 Å². The predicted molar refractivity (Wildman–Crippen MR) is 86.8 cm³/mol. The van der Waals surface area contributed by atoms with Crippen molar-refractivity contribution in [3.63, 3.8) is 0 Å². The zero-order valence-electron chi connectivity index (χ0n) is 13.1. The van der Waals surface area contributed by atoms with Crippen molar-refractivity contribution in [1.29, 1.82) is 0 Å². The predicted octanol–water partition coefficient (Wildman–Crippen LogP) is 3.36. The van der Waals surface area contributed by atoms with Crippen molar-refractivity contribution >= 4 is 0 Å². The van der Waals surface area contributed by atoms with E-state index in [9.17, 15) is 5.11 Å². The van der Waals surface area contributed by atoms with Gasteiger partial charge < -0.3 is 5.11 Å². The molecule has 0 aromatic rings. The SMILES string of the molecule is C#C/C=C\C[C@@H]1CCC[C@H]2[C@H]1CC[C@H]1CC[C@H](CCO)N12. The highest BCUT2D eigenvalue weighted by Gasteiger charge is 2.46. The van der Waals surface area contributed by atoms with E-state index in [1.54, 1.807) is 0 Å². The van der Waals surface area contributed by atoms with Gasteiger partial charge in [0.05, 0.1) is 0 Å². The molecule has 2 heteroatoms. The Balaban J connectivity index is 1.71. The number of aliphatic hydroxyl groups is 1. The summed E-state index contributed by atoms with van der Waals surface area (Å²) >= 11 is 0. The fourth-order valence-corrected chi connectivity index (χ4v) is 5.38. The summed E-state index contributed by atoms with van der Waals surface area (Å²) in [6, 6.07) is 2.23. The molecule has 0 unspecified atom stereocenters. The van der Waals surface area contributed by atoms with Gasteiger partial charge >= 0.3 is 0 Å². The largest absolute Gasteiger partial charge is 0.396 e. The summed E-state index contributed by atoms with van der Waals surface area (Å²) in [4.78, 5) is 2.83. The summed E-state index contributed by atoms with van der Waals surface area (Å²) in [5, 5.41) is 9.35. The van der Waals surface area contributed by atoms with Crippen LogP contribution in [0.5, 0.6) is 0 Å². The number of hydrogen-bond donors (Lipinski definition) is 1. The van der Waals surface area contributed by atoms with Crippen molar-refractivity contribution in [2.75, 3.05) is 6.61 Å². The van der Waals surface area contributed by atoms with Crippen molar-refractivity contribution < 1.29 is 5.11 Å². The van der Waals surface area contributed by atoms with E-state index in [1.165, 1.54) is 44.9 Å². The van der Waals surface area contributed by atoms with Crippen LogP contribution in [0.2, 0.25) is 0 Å². The normalized spacial score (nSPS) is 39.9. The standard InChI is InChI=1S/C19H29NO/c1-2-3-4-6-15-7-5-8-19-18(15)12-11-16-9-10-17(13-14-21)20(16)19/h1,3-4,15-19,21H,5-14H2/b4-3-/t15-,16-,17-,18+,19+/m1/s1. The Hall–Kier alpha value is -0.780. The summed E-state index contributed by atoms with van der Waals surface area (Å²) in [6.07, 6.45) is 21.1. The van der Waals surface area contributed by atoms with Gasteiger partial charge in [-0.15, -0.1) is 6.42 Å². The van der Waals surface area contributed by atoms with Gasteiger partial charge in [-0.2, -0.15) is 0 Å². The van der Waals surface area contributed by atoms with E-state index in [4.69, 9.17) is 6.42 Å². The molecule has 0 spiro atoms. The van der Waals surface area contributed by atoms with Gasteiger partial charge in [0.1, 0.15) is 0 Å². The second-order valence-electron chi connectivity index (χ2n) is 7.15. The fraction of sp³-hybridized carbons (Fsp3) is 0.789. The van der Waals surface area contributed by atoms with Crippen molar-refractivity contribution in [2.45, 2.75) is 75.9 Å². The van der Waals surface area contributed by atoms with E-state index in [-0.39, 0.29) is 0 Å². The third-order valence-electron chi connectivity index (χ3n) is 6.18. The minimum absolute atomic E-state index is 0.347. The number of fused-ring (bicyclic) bond motifs is 3. The Kier molecular flexibility index (Phi) is 5.03. The Bertz CT molecular complexity index is 410. The first-order valence-corrected chi connectivity index (χ1v) is 8.84. The third kappa shape index (κ3) is 3.05. The molecular formula is C19H29NO. The van der Waals surface area contributed by atoms with Crippen molar-refractivity contribution in [3.8, 4) is 12.3 Å². The van der Waals surface area contributed by atoms with Crippen LogP contribution >= 0.6 is 0 Å². The third-order valence-corrected chi connectivity index (χ3v) is 6.18. The number of aliphatic hydroxyl groups excluding tert-OH is 1. The van der Waals surface area contributed by atoms with Crippen LogP contribution in [0.25, 0.3) is 0 Å². The van der Waals surface area contributed by atoms with Gasteiger partial charge in [-0.25, -0.2) is 0 Å². The van der Waals surface area contributed by atoms with Gasteiger partial charge in [-0.3, -0.25) is 4.90 Å². The second kappa shape index (κ2) is 6.99. The maximum Gasteiger partial charge on any atom is 0.0445 e. The summed E-state index contributed by atoms with van der Waals surface area (Å²) in [5.41, 5.74) is 0. The van der Waals surface area contributed by atoms with E-state index >= 15 is 0 Å². The quantitative estimate of drug-likeness (QED) is 0.802. The van der Waals surface area contributed by atoms with Crippen LogP contribution in [0.3, 0.4) is 0 Å². The smallest absolute Gasteiger partial charge is 0.0445 e. The lowest BCUT2D eigenvalue weighted by Gasteiger charge is -2.51. The van der Waals surface area contributed by atoms with Crippen molar-refractivity contribution in [1.82, 2.24) is 4.90 Å². The average Bonchev–Trinajstić information content (AvgIpc) is 2.92. The van der Waals surface area contributed by atoms with Gasteiger partial charge in [0.2, 0.25) is 0 Å². The highest BCUT2D eigenvalue weighted by Crippen LogP contribution is 2.47. The summed E-state index contributed by atoms with van der Waals surface area (Å²) < 4.78 is 0. The van der Waals surface area contributed by atoms with Crippen LogP contribution in [0.1, 0.15) is 57.8 Å². The van der Waals surface area contributed by atoms with Gasteiger partial charge in [-0.05, 0) is 69.3 Å². The molecule has 3 rings (SSSR count). The number of piperidine rings is 1. The van der Waals surface area contributed by atoms with Gasteiger partial charge in [0, 0.05) is 24.7 Å². The lowest BCUT2D eigenvalue weighted by atomic mass is 9.69. The van der Waals surface area contributed by atoms with E-state index in [2.05, 4.69) is 16.9 Å². The topological polar surface area (TPSA) is 23.5 Å². The van der Waals surface area contributed by atoms with Crippen molar-refractivity contribution in [3.05, 3.63) is 12.2 Å². The first-order chi connectivity index (χ1) is 10.3. The number of terminal acetylenes is 1. The van der Waals surface area contributed by atoms with Crippen LogP contribution < -0.4 is 0 Å². The first kappa shape index (κ1) is 15.1. The highest BCUT2D eigenvalue weighted by molar-refractivity contribution is 5.10. The molecule has 0 amide bonds. The molecule has 1 N–H and O–H groups in total. The number of nitrogens with zero attached hydrogens (tertiary/aromatic N) is 1. The molecule has 0 radical (unpaired) electrons. The van der Waals surface area contributed by atoms with Crippen LogP contribution in [0, 0.1) is 24.2 Å². The zero-order chi connectivity index (χ0) is 14.7. The van der Waals surface area contributed by atoms with E-state index in [0.717, 1.165) is 36.8 Å². The molecule has 3 aliphatic rings. The minimum atomic E-state index is 0.347. The summed E-state index contributed by atoms with van der Waals surface area (Å²) in [5.74, 6) is 4.30. The number of allylic oxidation sites excluding steroid dienone is 2. The van der Waals surface area contributed by atoms with Gasteiger partial charge in [0.25, 0.3) is 0 Å². The van der Waals surface area contributed by atoms with Crippen LogP contribution in [0.15, 0.2) is 12.2 Å². The maximum absolute atomic E-state index is 9.35. The molecule has 2 nitrogen and oxygen atoms in total. The summed E-state index contributed by atoms with van der Waals surface area (Å²) in [7, 11) is 0. The maximum atomic E-state index is 9.35. The lowest BCUT2D eigenvalue weighted by Crippen LogP contribution is -2.54. The zero-order valence-corrected chi connectivity index (χ0v) is 13.1. The summed E-state index contributed by atoms with van der Waals surface area (Å²) in [6.45, 7) is 0.347. The average molecular weight is 287 g/mol. The molecule has 21 heavy (non-hydrogen) atoms. The molecular weight excluding hydrogens is 258 g/mol. The Morgan fingerprint density at radius 2 is 2.00 bits per heavy atom. The van der Waals surface area contributed by atoms with E-state index < -0.39 is 0 Å². The van der Waals surface area contributed by atoms with E-state index in [0.29, 0.717) is 12.6 Å². The molecule has 1 aliphatic carbocycles. The highest BCUT2D eigenvalue weighted by atomic mass is 16.3. The Labute approximate surface area is 129 Å². The van der Waals surface area contributed by atoms with Crippen LogP contribution in [-0.2, 0) is 0 Å². The molecule has 2 heterocycles. The van der Waals surface area contributed by atoms with Crippen LogP contribution in [-0.4, -0.2) is 34.7 Å². The monoisotopic (exact) mass is 287 g/mol. The molecule has 2 saturated heterocycles. The van der Waals surface area contributed by atoms with Gasteiger partial charge in [-0.1, -0.05) is 18.4 Å². The first-order valence-electron chi connectivity index (χ1n) is 8.84. The van der Waals surface area contributed by atoms with E-state index in [1.807, 2.05) is 6.08 Å². The van der Waals surface area contributed by atoms with Crippen LogP contribution in [0.4, 0.5) is 0 Å². The van der Waals surface area contributed by atoms with Crippen molar-refractivity contribution in [2.24, 2.45) is 11.8 Å².